The largest absolute Gasteiger partial charge is 0.479 e. The number of nitrogens with one attached hydrogen (secondary N) is 2. The number of thiazole rings is 1. The van der Waals surface area contributed by atoms with Crippen molar-refractivity contribution in [3.63, 3.8) is 0 Å². The van der Waals surface area contributed by atoms with Gasteiger partial charge in [-0.05, 0) is 37.3 Å². The SMILES string of the molecule is CC1Oc2ccc(-c3csc(NS(=O)(=O)CCN4C(=O)c5ccccc5C4=O)n3)cc2NC1=O. The van der Waals surface area contributed by atoms with Gasteiger partial charge >= 0.3 is 0 Å². The molecule has 2 aliphatic rings. The average molecular weight is 499 g/mol. The van der Waals surface area contributed by atoms with Crippen molar-refractivity contribution in [1.82, 2.24) is 9.88 Å². The molecule has 0 radical (unpaired) electrons. The van der Waals surface area contributed by atoms with Crippen LogP contribution in [0.2, 0.25) is 0 Å². The van der Waals surface area contributed by atoms with E-state index in [1.807, 2.05) is 0 Å². The van der Waals surface area contributed by atoms with Crippen LogP contribution in [0.15, 0.2) is 47.8 Å². The molecule has 1 unspecified atom stereocenters. The highest BCUT2D eigenvalue weighted by atomic mass is 32.2. The van der Waals surface area contributed by atoms with Crippen LogP contribution in [0.3, 0.4) is 0 Å². The highest BCUT2D eigenvalue weighted by Gasteiger charge is 2.35. The molecule has 2 N–H and O–H groups in total. The van der Waals surface area contributed by atoms with E-state index in [-0.39, 0.29) is 28.7 Å². The summed E-state index contributed by atoms with van der Waals surface area (Å²) in [6.07, 6.45) is -0.584. The van der Waals surface area contributed by atoms with Gasteiger partial charge in [0.15, 0.2) is 11.2 Å². The number of imide groups is 1. The van der Waals surface area contributed by atoms with Gasteiger partial charge in [-0.1, -0.05) is 12.1 Å². The zero-order valence-corrected chi connectivity index (χ0v) is 19.4. The molecule has 0 fully saturated rings. The number of amides is 3. The Labute approximate surface area is 198 Å². The lowest BCUT2D eigenvalue weighted by Gasteiger charge is -2.23. The Hall–Kier alpha value is -3.77. The first-order chi connectivity index (χ1) is 16.2. The maximum atomic E-state index is 12.6. The number of carbonyl (C=O) groups excluding carboxylic acids is 3. The predicted molar refractivity (Wildman–Crippen MR) is 125 cm³/mol. The summed E-state index contributed by atoms with van der Waals surface area (Å²) >= 11 is 1.09. The molecule has 3 aromatic rings. The molecular weight excluding hydrogens is 480 g/mol. The fraction of sp³-hybridized carbons (Fsp3) is 0.182. The Kier molecular flexibility index (Phi) is 5.33. The number of nitrogens with zero attached hydrogens (tertiary/aromatic N) is 2. The number of aromatic nitrogens is 1. The van der Waals surface area contributed by atoms with E-state index in [4.69, 9.17) is 4.74 Å². The topological polar surface area (TPSA) is 135 Å². The van der Waals surface area contributed by atoms with E-state index in [1.165, 1.54) is 12.1 Å². The van der Waals surface area contributed by atoms with Gasteiger partial charge in [0.25, 0.3) is 17.7 Å². The molecule has 174 valence electrons. The molecular formula is C22H18N4O6S2. The first-order valence-corrected chi connectivity index (χ1v) is 12.8. The third-order valence-corrected chi connectivity index (χ3v) is 7.53. The van der Waals surface area contributed by atoms with Gasteiger partial charge in [-0.3, -0.25) is 24.0 Å². The highest BCUT2D eigenvalue weighted by molar-refractivity contribution is 7.92. The van der Waals surface area contributed by atoms with Gasteiger partial charge in [0, 0.05) is 17.5 Å². The Morgan fingerprint density at radius 2 is 1.82 bits per heavy atom. The lowest BCUT2D eigenvalue weighted by molar-refractivity contribution is -0.122. The maximum absolute atomic E-state index is 12.6. The summed E-state index contributed by atoms with van der Waals surface area (Å²) < 4.78 is 33.1. The van der Waals surface area contributed by atoms with Crippen LogP contribution < -0.4 is 14.8 Å². The lowest BCUT2D eigenvalue weighted by atomic mass is 10.1. The minimum atomic E-state index is -3.88. The van der Waals surface area contributed by atoms with Crippen molar-refractivity contribution < 1.29 is 27.5 Å². The first kappa shape index (κ1) is 22.0. The van der Waals surface area contributed by atoms with E-state index in [1.54, 1.807) is 42.6 Å². The number of rotatable bonds is 6. The lowest BCUT2D eigenvalue weighted by Crippen LogP contribution is -2.35. The normalized spacial score (nSPS) is 17.1. The van der Waals surface area contributed by atoms with Crippen molar-refractivity contribution in [2.24, 2.45) is 0 Å². The molecule has 3 heterocycles. The van der Waals surface area contributed by atoms with Crippen LogP contribution in [0.25, 0.3) is 11.3 Å². The maximum Gasteiger partial charge on any atom is 0.265 e. The van der Waals surface area contributed by atoms with E-state index >= 15 is 0 Å². The van der Waals surface area contributed by atoms with Gasteiger partial charge in [0.05, 0.1) is 28.3 Å². The second-order valence-electron chi connectivity index (χ2n) is 7.73. The second-order valence-corrected chi connectivity index (χ2v) is 10.4. The standard InChI is InChI=1S/C22H18N4O6S2/c1-12-19(27)23-16-10-13(6-7-18(16)32-12)17-11-33-22(24-17)25-34(30,31)9-8-26-20(28)14-4-2-3-5-15(14)21(26)29/h2-7,10-12H,8-9H2,1H3,(H,23,27)(H,24,25). The predicted octanol–water partition coefficient (Wildman–Crippen LogP) is 2.57. The molecule has 3 amide bonds. The van der Waals surface area contributed by atoms with E-state index in [2.05, 4.69) is 15.0 Å². The summed E-state index contributed by atoms with van der Waals surface area (Å²) in [5, 5.41) is 4.58. The van der Waals surface area contributed by atoms with Gasteiger partial charge in [0.2, 0.25) is 10.0 Å². The number of hydrogen-bond donors (Lipinski definition) is 2. The van der Waals surface area contributed by atoms with Crippen molar-refractivity contribution in [3.05, 3.63) is 59.0 Å². The van der Waals surface area contributed by atoms with Gasteiger partial charge in [-0.15, -0.1) is 11.3 Å². The first-order valence-electron chi connectivity index (χ1n) is 10.2. The molecule has 0 saturated carbocycles. The van der Waals surface area contributed by atoms with Crippen LogP contribution in [0.4, 0.5) is 10.8 Å². The second kappa shape index (κ2) is 8.22. The molecule has 0 aliphatic carbocycles. The summed E-state index contributed by atoms with van der Waals surface area (Å²) in [5.41, 5.74) is 2.23. The van der Waals surface area contributed by atoms with Gasteiger partial charge in [-0.25, -0.2) is 13.4 Å². The number of fused-ring (bicyclic) bond motifs is 2. The van der Waals surface area contributed by atoms with Crippen molar-refractivity contribution in [2.45, 2.75) is 13.0 Å². The Bertz CT molecular complexity index is 1410. The molecule has 10 nitrogen and oxygen atoms in total. The fourth-order valence-corrected chi connectivity index (χ4v) is 5.63. The zero-order chi connectivity index (χ0) is 24.0. The number of ether oxygens (including phenoxy) is 1. The summed E-state index contributed by atoms with van der Waals surface area (Å²) in [4.78, 5) is 42.0. The van der Waals surface area contributed by atoms with Crippen LogP contribution in [0.5, 0.6) is 5.75 Å². The molecule has 5 rings (SSSR count). The molecule has 0 spiro atoms. The Morgan fingerprint density at radius 3 is 2.53 bits per heavy atom. The van der Waals surface area contributed by atoms with E-state index in [9.17, 15) is 22.8 Å². The molecule has 1 aromatic heterocycles. The van der Waals surface area contributed by atoms with Crippen molar-refractivity contribution >= 4 is 49.9 Å². The minimum absolute atomic E-state index is 0.143. The quantitative estimate of drug-likeness (QED) is 0.499. The summed E-state index contributed by atoms with van der Waals surface area (Å²) in [5.74, 6) is -1.20. The molecule has 2 aliphatic heterocycles. The number of benzene rings is 2. The smallest absolute Gasteiger partial charge is 0.265 e. The number of carbonyl (C=O) groups is 3. The minimum Gasteiger partial charge on any atom is -0.479 e. The Morgan fingerprint density at radius 1 is 1.12 bits per heavy atom. The average Bonchev–Trinajstić information content (AvgIpc) is 3.35. The zero-order valence-electron chi connectivity index (χ0n) is 17.8. The highest BCUT2D eigenvalue weighted by Crippen LogP contribution is 2.35. The number of hydrogen-bond acceptors (Lipinski definition) is 8. The van der Waals surface area contributed by atoms with E-state index < -0.39 is 33.7 Å². The van der Waals surface area contributed by atoms with E-state index in [0.29, 0.717) is 22.7 Å². The van der Waals surface area contributed by atoms with Gasteiger partial charge in [0.1, 0.15) is 5.75 Å². The fourth-order valence-electron chi connectivity index (χ4n) is 3.66. The van der Waals surface area contributed by atoms with Crippen LogP contribution in [0, 0.1) is 0 Å². The van der Waals surface area contributed by atoms with Crippen molar-refractivity contribution in [2.75, 3.05) is 22.3 Å². The van der Waals surface area contributed by atoms with Crippen LogP contribution in [-0.2, 0) is 14.8 Å². The third kappa shape index (κ3) is 4.01. The Balaban J connectivity index is 1.26. The molecule has 12 heteroatoms. The molecule has 2 aromatic carbocycles. The number of sulfonamides is 1. The van der Waals surface area contributed by atoms with Gasteiger partial charge in [-0.2, -0.15) is 0 Å². The molecule has 0 bridgehead atoms. The van der Waals surface area contributed by atoms with Crippen LogP contribution >= 0.6 is 11.3 Å². The number of anilines is 2. The third-order valence-electron chi connectivity index (χ3n) is 5.41. The van der Waals surface area contributed by atoms with E-state index in [0.717, 1.165) is 16.2 Å². The van der Waals surface area contributed by atoms with Crippen LogP contribution in [-0.4, -0.2) is 54.4 Å². The monoisotopic (exact) mass is 498 g/mol. The van der Waals surface area contributed by atoms with Gasteiger partial charge < -0.3 is 10.1 Å². The molecule has 1 atom stereocenters. The van der Waals surface area contributed by atoms with Crippen LogP contribution in [0.1, 0.15) is 27.6 Å². The summed E-state index contributed by atoms with van der Waals surface area (Å²) in [6, 6.07) is 11.6. The van der Waals surface area contributed by atoms with Crippen molar-refractivity contribution in [3.8, 4) is 17.0 Å². The summed E-state index contributed by atoms with van der Waals surface area (Å²) in [6.45, 7) is 1.38. The molecule has 0 saturated heterocycles. The summed E-state index contributed by atoms with van der Waals surface area (Å²) in [7, 11) is -3.88. The van der Waals surface area contributed by atoms with Crippen molar-refractivity contribution in [1.29, 1.82) is 0 Å². The molecule has 34 heavy (non-hydrogen) atoms.